The monoisotopic (exact) mass is 234 g/mol. The van der Waals surface area contributed by atoms with Crippen molar-refractivity contribution in [3.05, 3.63) is 35.9 Å². The van der Waals surface area contributed by atoms with Crippen molar-refractivity contribution in [1.82, 2.24) is 0 Å². The average Bonchev–Trinajstić information content (AvgIpc) is 2.18. The van der Waals surface area contributed by atoms with E-state index in [0.717, 1.165) is 0 Å². The zero-order chi connectivity index (χ0) is 13.2. The zero-order valence-corrected chi connectivity index (χ0v) is 10.7. The molecule has 1 aromatic rings. The van der Waals surface area contributed by atoms with Gasteiger partial charge >= 0.3 is 5.97 Å². The largest absolute Gasteiger partial charge is 0.508 e. The molecule has 92 valence electrons. The molecular formula is C14H18O3. The number of ether oxygens (including phenoxy) is 1. The SMILES string of the molecule is C=C(C(=O)OC(C)(C)C)c1ccc(O)c(C)c1. The van der Waals surface area contributed by atoms with Crippen LogP contribution in [0.25, 0.3) is 5.57 Å². The van der Waals surface area contributed by atoms with E-state index in [1.807, 2.05) is 0 Å². The summed E-state index contributed by atoms with van der Waals surface area (Å²) in [6.45, 7) is 10.9. The second kappa shape index (κ2) is 4.62. The summed E-state index contributed by atoms with van der Waals surface area (Å²) in [5.41, 5.74) is 1.12. The van der Waals surface area contributed by atoms with Crippen molar-refractivity contribution in [2.24, 2.45) is 0 Å². The molecule has 3 heteroatoms. The second-order valence-electron chi connectivity index (χ2n) is 4.98. The lowest BCUT2D eigenvalue weighted by atomic mass is 10.0. The predicted octanol–water partition coefficient (Wildman–Crippen LogP) is 3.06. The van der Waals surface area contributed by atoms with Crippen molar-refractivity contribution in [3.63, 3.8) is 0 Å². The molecule has 0 heterocycles. The first kappa shape index (κ1) is 13.3. The first-order valence-electron chi connectivity index (χ1n) is 5.43. The molecule has 17 heavy (non-hydrogen) atoms. The van der Waals surface area contributed by atoms with Crippen LogP contribution in [0.3, 0.4) is 0 Å². The number of phenolic OH excluding ortho intramolecular Hbond substituents is 1. The van der Waals surface area contributed by atoms with Crippen LogP contribution in [0.2, 0.25) is 0 Å². The highest BCUT2D eigenvalue weighted by Crippen LogP contribution is 2.23. The summed E-state index contributed by atoms with van der Waals surface area (Å²) < 4.78 is 5.22. The average molecular weight is 234 g/mol. The number of esters is 1. The second-order valence-corrected chi connectivity index (χ2v) is 4.98. The normalized spacial score (nSPS) is 11.1. The molecule has 0 fully saturated rings. The topological polar surface area (TPSA) is 46.5 Å². The lowest BCUT2D eigenvalue weighted by molar-refractivity contribution is -0.147. The van der Waals surface area contributed by atoms with Gasteiger partial charge in [-0.25, -0.2) is 4.79 Å². The minimum atomic E-state index is -0.536. The minimum Gasteiger partial charge on any atom is -0.508 e. The number of carbonyl (C=O) groups is 1. The molecule has 0 bridgehead atoms. The molecule has 0 unspecified atom stereocenters. The van der Waals surface area contributed by atoms with Crippen LogP contribution in [-0.4, -0.2) is 16.7 Å². The number of carbonyl (C=O) groups excluding carboxylic acids is 1. The van der Waals surface area contributed by atoms with Gasteiger partial charge in [-0.05, 0) is 51.0 Å². The van der Waals surface area contributed by atoms with Crippen molar-refractivity contribution >= 4 is 11.5 Å². The number of aromatic hydroxyl groups is 1. The highest BCUT2D eigenvalue weighted by molar-refractivity contribution is 6.15. The molecule has 0 aliphatic heterocycles. The highest BCUT2D eigenvalue weighted by Gasteiger charge is 2.19. The Balaban J connectivity index is 2.90. The van der Waals surface area contributed by atoms with Crippen LogP contribution in [0.1, 0.15) is 31.9 Å². The molecule has 1 aromatic carbocycles. The smallest absolute Gasteiger partial charge is 0.338 e. The van der Waals surface area contributed by atoms with Crippen LogP contribution in [0.15, 0.2) is 24.8 Å². The van der Waals surface area contributed by atoms with Crippen LogP contribution in [0, 0.1) is 6.92 Å². The van der Waals surface area contributed by atoms with Gasteiger partial charge in [-0.2, -0.15) is 0 Å². The van der Waals surface area contributed by atoms with Crippen LogP contribution in [-0.2, 0) is 9.53 Å². The molecule has 0 aromatic heterocycles. The molecule has 0 aliphatic carbocycles. The number of hydrogen-bond acceptors (Lipinski definition) is 3. The van der Waals surface area contributed by atoms with Gasteiger partial charge in [-0.1, -0.05) is 12.6 Å². The van der Waals surface area contributed by atoms with Gasteiger partial charge in [-0.15, -0.1) is 0 Å². The molecule has 0 spiro atoms. The van der Waals surface area contributed by atoms with Gasteiger partial charge in [-0.3, -0.25) is 0 Å². The molecular weight excluding hydrogens is 216 g/mol. The van der Waals surface area contributed by atoms with Crippen LogP contribution < -0.4 is 0 Å². The van der Waals surface area contributed by atoms with Gasteiger partial charge in [0.15, 0.2) is 0 Å². The third-order valence-electron chi connectivity index (χ3n) is 2.19. The van der Waals surface area contributed by atoms with Gasteiger partial charge in [0, 0.05) is 0 Å². The zero-order valence-electron chi connectivity index (χ0n) is 10.7. The first-order chi connectivity index (χ1) is 7.70. The molecule has 0 saturated heterocycles. The van der Waals surface area contributed by atoms with Gasteiger partial charge in [0.25, 0.3) is 0 Å². The van der Waals surface area contributed by atoms with E-state index < -0.39 is 11.6 Å². The maximum absolute atomic E-state index is 11.8. The van der Waals surface area contributed by atoms with E-state index in [0.29, 0.717) is 16.7 Å². The Kier molecular flexibility index (Phi) is 3.61. The Labute approximate surface area is 102 Å². The Bertz CT molecular complexity index is 453. The van der Waals surface area contributed by atoms with E-state index in [9.17, 15) is 9.90 Å². The van der Waals surface area contributed by atoms with Crippen molar-refractivity contribution in [2.45, 2.75) is 33.3 Å². The summed E-state index contributed by atoms with van der Waals surface area (Å²) in [5.74, 6) is -0.242. The molecule has 0 saturated carbocycles. The standard InChI is InChI=1S/C14H18O3/c1-9-8-11(6-7-12(9)15)10(2)13(16)17-14(3,4)5/h6-8,15H,2H2,1,3-5H3. The van der Waals surface area contributed by atoms with Gasteiger partial charge in [0.1, 0.15) is 11.4 Å². The third kappa shape index (κ3) is 3.63. The minimum absolute atomic E-state index is 0.200. The quantitative estimate of drug-likeness (QED) is 0.632. The lowest BCUT2D eigenvalue weighted by Crippen LogP contribution is -2.24. The van der Waals surface area contributed by atoms with Crippen molar-refractivity contribution in [3.8, 4) is 5.75 Å². The Morgan fingerprint density at radius 3 is 2.41 bits per heavy atom. The van der Waals surface area contributed by atoms with Crippen molar-refractivity contribution in [2.75, 3.05) is 0 Å². The summed E-state index contributed by atoms with van der Waals surface area (Å²) in [6, 6.07) is 4.90. The van der Waals surface area contributed by atoms with Crippen LogP contribution in [0.5, 0.6) is 5.75 Å². The number of rotatable bonds is 2. The third-order valence-corrected chi connectivity index (χ3v) is 2.19. The summed E-state index contributed by atoms with van der Waals surface area (Å²) in [4.78, 5) is 11.8. The summed E-state index contributed by atoms with van der Waals surface area (Å²) in [7, 11) is 0. The molecule has 1 rings (SSSR count). The maximum Gasteiger partial charge on any atom is 0.338 e. The number of phenols is 1. The number of aryl methyl sites for hydroxylation is 1. The van der Waals surface area contributed by atoms with Crippen LogP contribution in [0.4, 0.5) is 0 Å². The molecule has 0 atom stereocenters. The highest BCUT2D eigenvalue weighted by atomic mass is 16.6. The number of benzene rings is 1. The van der Waals surface area contributed by atoms with Crippen LogP contribution >= 0.6 is 0 Å². The molecule has 0 radical (unpaired) electrons. The van der Waals surface area contributed by atoms with Gasteiger partial charge in [0.2, 0.25) is 0 Å². The fourth-order valence-electron chi connectivity index (χ4n) is 1.30. The van der Waals surface area contributed by atoms with E-state index in [1.54, 1.807) is 45.9 Å². The Morgan fingerprint density at radius 2 is 1.94 bits per heavy atom. The molecule has 0 aliphatic rings. The molecule has 0 amide bonds. The van der Waals surface area contributed by atoms with Gasteiger partial charge in [0.05, 0.1) is 5.57 Å². The van der Waals surface area contributed by atoms with E-state index in [4.69, 9.17) is 4.74 Å². The van der Waals surface area contributed by atoms with E-state index >= 15 is 0 Å². The first-order valence-corrected chi connectivity index (χ1v) is 5.43. The molecule has 1 N–H and O–H groups in total. The number of hydrogen-bond donors (Lipinski definition) is 1. The summed E-state index contributed by atoms with van der Waals surface area (Å²) in [6.07, 6.45) is 0. The van der Waals surface area contributed by atoms with E-state index in [2.05, 4.69) is 6.58 Å². The lowest BCUT2D eigenvalue weighted by Gasteiger charge is -2.20. The Morgan fingerprint density at radius 1 is 1.35 bits per heavy atom. The fourth-order valence-corrected chi connectivity index (χ4v) is 1.30. The Hall–Kier alpha value is -1.77. The van der Waals surface area contributed by atoms with E-state index in [1.165, 1.54) is 0 Å². The maximum atomic E-state index is 11.8. The summed E-state index contributed by atoms with van der Waals surface area (Å²) in [5, 5.41) is 9.40. The van der Waals surface area contributed by atoms with Crippen molar-refractivity contribution < 1.29 is 14.6 Å². The fraction of sp³-hybridized carbons (Fsp3) is 0.357. The van der Waals surface area contributed by atoms with E-state index in [-0.39, 0.29) is 5.75 Å². The van der Waals surface area contributed by atoms with Gasteiger partial charge < -0.3 is 9.84 Å². The molecule has 3 nitrogen and oxygen atoms in total. The van der Waals surface area contributed by atoms with Crippen molar-refractivity contribution in [1.29, 1.82) is 0 Å². The summed E-state index contributed by atoms with van der Waals surface area (Å²) >= 11 is 0. The predicted molar refractivity (Wildman–Crippen MR) is 67.7 cm³/mol.